The van der Waals surface area contributed by atoms with Crippen LogP contribution >= 0.6 is 0 Å². The molecular weight excluding hydrogens is 186 g/mol. The van der Waals surface area contributed by atoms with E-state index in [1.165, 1.54) is 0 Å². The summed E-state index contributed by atoms with van der Waals surface area (Å²) < 4.78 is 5.16. The van der Waals surface area contributed by atoms with Crippen molar-refractivity contribution >= 4 is 0 Å². The summed E-state index contributed by atoms with van der Waals surface area (Å²) in [4.78, 5) is 0. The third kappa shape index (κ3) is 6.16. The van der Waals surface area contributed by atoms with Crippen LogP contribution in [-0.2, 0) is 4.74 Å². The molecule has 0 aromatic heterocycles. The summed E-state index contributed by atoms with van der Waals surface area (Å²) in [6, 6.07) is 0. The van der Waals surface area contributed by atoms with Crippen molar-refractivity contribution in [1.29, 1.82) is 0 Å². The predicted octanol–water partition coefficient (Wildman–Crippen LogP) is 2.93. The largest absolute Gasteiger partial charge is 0.385 e. The second-order valence-corrected chi connectivity index (χ2v) is 5.54. The number of ether oxygens (including phenoxy) is 1. The molecular formula is C13H29NO. The molecule has 0 rings (SSSR count). The van der Waals surface area contributed by atoms with Gasteiger partial charge in [-0.3, -0.25) is 0 Å². The maximum atomic E-state index is 5.16. The Labute approximate surface area is 95.8 Å². The van der Waals surface area contributed by atoms with E-state index in [-0.39, 0.29) is 0 Å². The first kappa shape index (κ1) is 14.9. The van der Waals surface area contributed by atoms with Gasteiger partial charge in [-0.25, -0.2) is 0 Å². The first-order valence-electron chi connectivity index (χ1n) is 6.13. The van der Waals surface area contributed by atoms with Gasteiger partial charge in [-0.1, -0.05) is 34.6 Å². The number of hydrogen-bond acceptors (Lipinski definition) is 2. The molecule has 2 heteroatoms. The highest BCUT2D eigenvalue weighted by atomic mass is 16.5. The van der Waals surface area contributed by atoms with Gasteiger partial charge in [-0.2, -0.15) is 0 Å². The van der Waals surface area contributed by atoms with Crippen molar-refractivity contribution < 1.29 is 4.74 Å². The molecule has 0 fully saturated rings. The van der Waals surface area contributed by atoms with E-state index in [1.54, 1.807) is 7.11 Å². The molecule has 0 saturated carbocycles. The third-order valence-corrected chi connectivity index (χ3v) is 3.19. The van der Waals surface area contributed by atoms with Crippen LogP contribution in [0.3, 0.4) is 0 Å². The van der Waals surface area contributed by atoms with Gasteiger partial charge in [-0.05, 0) is 36.8 Å². The maximum absolute atomic E-state index is 5.16. The highest BCUT2D eigenvalue weighted by Crippen LogP contribution is 2.33. The van der Waals surface area contributed by atoms with Crippen molar-refractivity contribution in [2.24, 2.45) is 17.3 Å². The smallest absolute Gasteiger partial charge is 0.0464 e. The van der Waals surface area contributed by atoms with Crippen LogP contribution in [0.15, 0.2) is 0 Å². The minimum atomic E-state index is 0.370. The van der Waals surface area contributed by atoms with Crippen LogP contribution in [-0.4, -0.2) is 26.8 Å². The van der Waals surface area contributed by atoms with E-state index in [9.17, 15) is 0 Å². The molecule has 15 heavy (non-hydrogen) atoms. The molecule has 0 aliphatic carbocycles. The van der Waals surface area contributed by atoms with Gasteiger partial charge in [0.2, 0.25) is 0 Å². The van der Waals surface area contributed by atoms with E-state index in [2.05, 4.69) is 39.9 Å². The minimum absolute atomic E-state index is 0.370. The van der Waals surface area contributed by atoms with Gasteiger partial charge in [0.05, 0.1) is 0 Å². The highest BCUT2D eigenvalue weighted by Gasteiger charge is 2.28. The molecule has 0 amide bonds. The standard InChI is InChI=1S/C13H29NO/c1-7-14-10-12(13(3,4)5)11(2)8-9-15-6/h11-12,14H,7-10H2,1-6H3. The Kier molecular flexibility index (Phi) is 7.20. The van der Waals surface area contributed by atoms with Crippen LogP contribution in [0.25, 0.3) is 0 Å². The van der Waals surface area contributed by atoms with E-state index < -0.39 is 0 Å². The summed E-state index contributed by atoms with van der Waals surface area (Å²) in [7, 11) is 1.78. The zero-order chi connectivity index (χ0) is 11.9. The molecule has 0 aromatic rings. The normalized spacial score (nSPS) is 16.4. The van der Waals surface area contributed by atoms with Gasteiger partial charge in [0.15, 0.2) is 0 Å². The predicted molar refractivity (Wildman–Crippen MR) is 67.1 cm³/mol. The Balaban J connectivity index is 4.21. The fraction of sp³-hybridized carbons (Fsp3) is 1.00. The van der Waals surface area contributed by atoms with Crippen LogP contribution in [0.4, 0.5) is 0 Å². The molecule has 0 radical (unpaired) electrons. The number of nitrogens with one attached hydrogen (secondary N) is 1. The molecule has 2 unspecified atom stereocenters. The van der Waals surface area contributed by atoms with Gasteiger partial charge in [-0.15, -0.1) is 0 Å². The second-order valence-electron chi connectivity index (χ2n) is 5.54. The average molecular weight is 215 g/mol. The molecule has 0 bridgehead atoms. The highest BCUT2D eigenvalue weighted by molar-refractivity contribution is 4.80. The van der Waals surface area contributed by atoms with E-state index in [1.807, 2.05) is 0 Å². The fourth-order valence-corrected chi connectivity index (χ4v) is 2.17. The summed E-state index contributed by atoms with van der Waals surface area (Å²) in [6.07, 6.45) is 1.16. The molecule has 0 aliphatic rings. The average Bonchev–Trinajstić information content (AvgIpc) is 2.13. The summed E-state index contributed by atoms with van der Waals surface area (Å²) >= 11 is 0. The monoisotopic (exact) mass is 215 g/mol. The quantitative estimate of drug-likeness (QED) is 0.705. The fourth-order valence-electron chi connectivity index (χ4n) is 2.17. The van der Waals surface area contributed by atoms with Crippen molar-refractivity contribution in [1.82, 2.24) is 5.32 Å². The molecule has 0 saturated heterocycles. The Hall–Kier alpha value is -0.0800. The molecule has 0 heterocycles. The van der Waals surface area contributed by atoms with Crippen molar-refractivity contribution in [3.8, 4) is 0 Å². The zero-order valence-electron chi connectivity index (χ0n) is 11.4. The van der Waals surface area contributed by atoms with Gasteiger partial charge in [0.1, 0.15) is 0 Å². The molecule has 92 valence electrons. The molecule has 1 N–H and O–H groups in total. The summed E-state index contributed by atoms with van der Waals surface area (Å²) in [5.41, 5.74) is 0.370. The van der Waals surface area contributed by atoms with E-state index in [4.69, 9.17) is 4.74 Å². The van der Waals surface area contributed by atoms with Crippen molar-refractivity contribution in [3.63, 3.8) is 0 Å². The van der Waals surface area contributed by atoms with Gasteiger partial charge >= 0.3 is 0 Å². The first-order chi connectivity index (χ1) is 6.93. The van der Waals surface area contributed by atoms with E-state index in [0.717, 1.165) is 26.1 Å². The Morgan fingerprint density at radius 2 is 1.87 bits per heavy atom. The lowest BCUT2D eigenvalue weighted by Gasteiger charge is -2.35. The number of methoxy groups -OCH3 is 1. The third-order valence-electron chi connectivity index (χ3n) is 3.19. The van der Waals surface area contributed by atoms with Gasteiger partial charge < -0.3 is 10.1 Å². The first-order valence-corrected chi connectivity index (χ1v) is 6.13. The molecule has 2 atom stereocenters. The van der Waals surface area contributed by atoms with Gasteiger partial charge in [0, 0.05) is 13.7 Å². The Bertz CT molecular complexity index is 151. The molecule has 0 spiro atoms. The summed E-state index contributed by atoms with van der Waals surface area (Å²) in [6.45, 7) is 14.6. The lowest BCUT2D eigenvalue weighted by molar-refractivity contribution is 0.118. The number of hydrogen-bond donors (Lipinski definition) is 1. The number of rotatable bonds is 7. The summed E-state index contributed by atoms with van der Waals surface area (Å²) in [5.74, 6) is 1.43. The Morgan fingerprint density at radius 1 is 1.27 bits per heavy atom. The molecule has 0 aliphatic heterocycles. The molecule has 0 aromatic carbocycles. The zero-order valence-corrected chi connectivity index (χ0v) is 11.4. The van der Waals surface area contributed by atoms with Crippen LogP contribution < -0.4 is 5.32 Å². The van der Waals surface area contributed by atoms with Crippen molar-refractivity contribution in [3.05, 3.63) is 0 Å². The second kappa shape index (κ2) is 7.24. The SMILES string of the molecule is CCNCC(C(C)CCOC)C(C)(C)C. The van der Waals surface area contributed by atoms with Crippen LogP contribution in [0.1, 0.15) is 41.0 Å². The minimum Gasteiger partial charge on any atom is -0.385 e. The van der Waals surface area contributed by atoms with Crippen molar-refractivity contribution in [2.75, 3.05) is 26.8 Å². The van der Waals surface area contributed by atoms with E-state index in [0.29, 0.717) is 17.3 Å². The van der Waals surface area contributed by atoms with Crippen LogP contribution in [0.2, 0.25) is 0 Å². The van der Waals surface area contributed by atoms with Crippen LogP contribution in [0, 0.1) is 17.3 Å². The topological polar surface area (TPSA) is 21.3 Å². The Morgan fingerprint density at radius 3 is 2.27 bits per heavy atom. The van der Waals surface area contributed by atoms with Gasteiger partial charge in [0.25, 0.3) is 0 Å². The maximum Gasteiger partial charge on any atom is 0.0464 e. The van der Waals surface area contributed by atoms with E-state index >= 15 is 0 Å². The lowest BCUT2D eigenvalue weighted by atomic mass is 9.72. The van der Waals surface area contributed by atoms with Crippen LogP contribution in [0.5, 0.6) is 0 Å². The lowest BCUT2D eigenvalue weighted by Crippen LogP contribution is -2.36. The van der Waals surface area contributed by atoms with Crippen molar-refractivity contribution in [2.45, 2.75) is 41.0 Å². The summed E-state index contributed by atoms with van der Waals surface area (Å²) in [5, 5.41) is 3.47. The molecule has 2 nitrogen and oxygen atoms in total.